The zero-order valence-electron chi connectivity index (χ0n) is 12.8. The molecule has 0 bridgehead atoms. The molecule has 1 saturated carbocycles. The van der Waals surface area contributed by atoms with E-state index in [1.165, 1.54) is 12.8 Å². The zero-order chi connectivity index (χ0) is 14.7. The van der Waals surface area contributed by atoms with E-state index in [0.29, 0.717) is 24.1 Å². The molecule has 1 aromatic rings. The molecule has 1 aliphatic carbocycles. The maximum atomic E-state index is 10.6. The van der Waals surface area contributed by atoms with Crippen molar-refractivity contribution in [3.8, 4) is 11.5 Å². The van der Waals surface area contributed by atoms with Gasteiger partial charge in [-0.1, -0.05) is 25.0 Å². The van der Waals surface area contributed by atoms with Crippen molar-refractivity contribution >= 4 is 0 Å². The Morgan fingerprint density at radius 3 is 2.76 bits per heavy atom. The van der Waals surface area contributed by atoms with Crippen LogP contribution < -0.4 is 10.1 Å². The van der Waals surface area contributed by atoms with Crippen molar-refractivity contribution < 1.29 is 9.84 Å². The number of nitrogens with one attached hydrogen (secondary N) is 1. The molecular formula is C17H26N2O2. The molecular weight excluding hydrogens is 264 g/mol. The number of ether oxygens (including phenoxy) is 1. The number of phenolic OH excluding ortho intramolecular Hbond substituents is 1. The highest BCUT2D eigenvalue weighted by Crippen LogP contribution is 2.44. The molecule has 2 aliphatic rings. The van der Waals surface area contributed by atoms with Crippen molar-refractivity contribution in [1.82, 2.24) is 10.2 Å². The minimum absolute atomic E-state index is 0.319. The first kappa shape index (κ1) is 14.7. The number of phenols is 1. The van der Waals surface area contributed by atoms with Crippen LogP contribution in [0.15, 0.2) is 18.2 Å². The summed E-state index contributed by atoms with van der Waals surface area (Å²) in [6, 6.07) is 6.24. The molecule has 116 valence electrons. The monoisotopic (exact) mass is 290 g/mol. The summed E-state index contributed by atoms with van der Waals surface area (Å²) < 4.78 is 5.55. The lowest BCUT2D eigenvalue weighted by atomic mass is 9.97. The number of hydrogen-bond acceptors (Lipinski definition) is 4. The zero-order valence-corrected chi connectivity index (χ0v) is 12.8. The van der Waals surface area contributed by atoms with Crippen LogP contribution in [0.3, 0.4) is 0 Å². The largest absolute Gasteiger partial charge is 0.504 e. The van der Waals surface area contributed by atoms with Gasteiger partial charge in [-0.3, -0.25) is 4.90 Å². The smallest absolute Gasteiger partial charge is 0.162 e. The number of rotatable bonds is 6. The third-order valence-electron chi connectivity index (χ3n) is 4.53. The molecule has 0 aromatic heterocycles. The van der Waals surface area contributed by atoms with Gasteiger partial charge in [-0.25, -0.2) is 0 Å². The number of aromatic hydroxyl groups is 1. The van der Waals surface area contributed by atoms with Gasteiger partial charge in [0.05, 0.1) is 6.61 Å². The van der Waals surface area contributed by atoms with Crippen LogP contribution in [0.25, 0.3) is 0 Å². The van der Waals surface area contributed by atoms with E-state index in [-0.39, 0.29) is 0 Å². The van der Waals surface area contributed by atoms with Gasteiger partial charge in [0.2, 0.25) is 0 Å². The minimum Gasteiger partial charge on any atom is -0.504 e. The van der Waals surface area contributed by atoms with Crippen molar-refractivity contribution in [2.75, 3.05) is 32.8 Å². The SMILES string of the molecule is CCOc1cccc([C@H](CC2CC2)N2CCNCC2)c1O. The third kappa shape index (κ3) is 3.50. The molecule has 0 radical (unpaired) electrons. The first-order valence-electron chi connectivity index (χ1n) is 8.19. The third-order valence-corrected chi connectivity index (χ3v) is 4.53. The molecule has 1 saturated heterocycles. The summed E-state index contributed by atoms with van der Waals surface area (Å²) in [4.78, 5) is 2.51. The molecule has 21 heavy (non-hydrogen) atoms. The fourth-order valence-corrected chi connectivity index (χ4v) is 3.22. The maximum absolute atomic E-state index is 10.6. The van der Waals surface area contributed by atoms with Crippen LogP contribution in [0.4, 0.5) is 0 Å². The Morgan fingerprint density at radius 2 is 2.10 bits per heavy atom. The quantitative estimate of drug-likeness (QED) is 0.845. The Hall–Kier alpha value is -1.26. The van der Waals surface area contributed by atoms with Gasteiger partial charge in [0.15, 0.2) is 11.5 Å². The normalized spacial score (nSPS) is 21.2. The van der Waals surface area contributed by atoms with Crippen LogP contribution in [0.5, 0.6) is 11.5 Å². The van der Waals surface area contributed by atoms with E-state index in [1.54, 1.807) is 0 Å². The van der Waals surface area contributed by atoms with Crippen LogP contribution in [-0.2, 0) is 0 Å². The molecule has 3 rings (SSSR count). The van der Waals surface area contributed by atoms with Gasteiger partial charge in [0.25, 0.3) is 0 Å². The second-order valence-electron chi connectivity index (χ2n) is 6.11. The number of para-hydroxylation sites is 1. The summed E-state index contributed by atoms with van der Waals surface area (Å²) in [5, 5.41) is 14.0. The summed E-state index contributed by atoms with van der Waals surface area (Å²) in [5.74, 6) is 1.79. The van der Waals surface area contributed by atoms with Crippen molar-refractivity contribution in [1.29, 1.82) is 0 Å². The molecule has 0 amide bonds. The van der Waals surface area contributed by atoms with Gasteiger partial charge in [-0.2, -0.15) is 0 Å². The Labute approximate surface area is 127 Å². The summed E-state index contributed by atoms with van der Waals surface area (Å²) in [5.41, 5.74) is 1.04. The molecule has 1 aromatic carbocycles. The fourth-order valence-electron chi connectivity index (χ4n) is 3.22. The highest BCUT2D eigenvalue weighted by atomic mass is 16.5. The molecule has 1 aliphatic heterocycles. The average molecular weight is 290 g/mol. The van der Waals surface area contributed by atoms with E-state index in [1.807, 2.05) is 19.1 Å². The molecule has 1 atom stereocenters. The fraction of sp³-hybridized carbons (Fsp3) is 0.647. The number of hydrogen-bond donors (Lipinski definition) is 2. The highest BCUT2D eigenvalue weighted by Gasteiger charge is 2.32. The second-order valence-corrected chi connectivity index (χ2v) is 6.11. The molecule has 2 N–H and O–H groups in total. The Morgan fingerprint density at radius 1 is 1.33 bits per heavy atom. The minimum atomic E-state index is 0.319. The second kappa shape index (κ2) is 6.67. The van der Waals surface area contributed by atoms with E-state index in [2.05, 4.69) is 16.3 Å². The molecule has 4 heteroatoms. The van der Waals surface area contributed by atoms with E-state index in [9.17, 15) is 5.11 Å². The Bertz CT molecular complexity index is 468. The number of nitrogens with zero attached hydrogens (tertiary/aromatic N) is 1. The summed E-state index contributed by atoms with van der Waals surface area (Å²) in [6.07, 6.45) is 3.84. The van der Waals surface area contributed by atoms with Gasteiger partial charge in [-0.15, -0.1) is 0 Å². The Kier molecular flexibility index (Phi) is 4.66. The number of piperazine rings is 1. The van der Waals surface area contributed by atoms with Gasteiger partial charge in [0.1, 0.15) is 0 Å². The molecule has 0 spiro atoms. The number of benzene rings is 1. The predicted molar refractivity (Wildman–Crippen MR) is 83.8 cm³/mol. The van der Waals surface area contributed by atoms with Crippen LogP contribution >= 0.6 is 0 Å². The average Bonchev–Trinajstić information content (AvgIpc) is 3.33. The van der Waals surface area contributed by atoms with Crippen LogP contribution in [0, 0.1) is 5.92 Å². The standard InChI is InChI=1S/C17H26N2O2/c1-2-21-16-5-3-4-14(17(16)20)15(12-13-6-7-13)19-10-8-18-9-11-19/h3-5,13,15,18,20H,2,6-12H2,1H3/t15-/m0/s1. The van der Waals surface area contributed by atoms with Crippen molar-refractivity contribution in [2.24, 2.45) is 5.92 Å². The van der Waals surface area contributed by atoms with Crippen LogP contribution in [0.1, 0.15) is 37.8 Å². The lowest BCUT2D eigenvalue weighted by Gasteiger charge is -2.35. The van der Waals surface area contributed by atoms with Crippen molar-refractivity contribution in [3.05, 3.63) is 23.8 Å². The lowest BCUT2D eigenvalue weighted by molar-refractivity contribution is 0.157. The first-order valence-corrected chi connectivity index (χ1v) is 8.19. The van der Waals surface area contributed by atoms with Crippen molar-refractivity contribution in [2.45, 2.75) is 32.2 Å². The summed E-state index contributed by atoms with van der Waals surface area (Å²) in [7, 11) is 0. The predicted octanol–water partition coefficient (Wildman–Crippen LogP) is 2.54. The van der Waals surface area contributed by atoms with E-state index in [0.717, 1.165) is 44.1 Å². The topological polar surface area (TPSA) is 44.7 Å². The molecule has 1 heterocycles. The van der Waals surface area contributed by atoms with Crippen LogP contribution in [0.2, 0.25) is 0 Å². The van der Waals surface area contributed by atoms with Gasteiger partial charge < -0.3 is 15.2 Å². The first-order chi connectivity index (χ1) is 10.3. The highest BCUT2D eigenvalue weighted by molar-refractivity contribution is 5.47. The van der Waals surface area contributed by atoms with E-state index >= 15 is 0 Å². The summed E-state index contributed by atoms with van der Waals surface area (Å²) in [6.45, 7) is 6.70. The van der Waals surface area contributed by atoms with E-state index in [4.69, 9.17) is 4.74 Å². The maximum Gasteiger partial charge on any atom is 0.162 e. The summed E-state index contributed by atoms with van der Waals surface area (Å²) >= 11 is 0. The van der Waals surface area contributed by atoms with Gasteiger partial charge >= 0.3 is 0 Å². The van der Waals surface area contributed by atoms with Crippen LogP contribution in [-0.4, -0.2) is 42.8 Å². The lowest BCUT2D eigenvalue weighted by Crippen LogP contribution is -2.45. The molecule has 2 fully saturated rings. The van der Waals surface area contributed by atoms with Gasteiger partial charge in [-0.05, 0) is 25.3 Å². The van der Waals surface area contributed by atoms with Crippen molar-refractivity contribution in [3.63, 3.8) is 0 Å². The van der Waals surface area contributed by atoms with Gasteiger partial charge in [0, 0.05) is 37.8 Å². The molecule has 0 unspecified atom stereocenters. The molecule has 4 nitrogen and oxygen atoms in total. The Balaban J connectivity index is 1.85. The van der Waals surface area contributed by atoms with E-state index < -0.39 is 0 Å².